The summed E-state index contributed by atoms with van der Waals surface area (Å²) >= 11 is 0. The van der Waals surface area contributed by atoms with Gasteiger partial charge in [-0.25, -0.2) is 0 Å². The second-order valence-corrected chi connectivity index (χ2v) is 2.52. The Bertz CT molecular complexity index is 174. The Labute approximate surface area is 62.7 Å². The van der Waals surface area contributed by atoms with E-state index in [0.717, 1.165) is 26.1 Å². The van der Waals surface area contributed by atoms with Crippen LogP contribution in [-0.4, -0.2) is 24.5 Å². The molecule has 0 saturated heterocycles. The zero-order chi connectivity index (χ0) is 7.40. The zero-order valence-electron chi connectivity index (χ0n) is 6.43. The van der Waals surface area contributed by atoms with Crippen LogP contribution in [0.5, 0.6) is 0 Å². The van der Waals surface area contributed by atoms with Crippen molar-refractivity contribution in [3.8, 4) is 12.3 Å². The molecular formula is C9H13N. The molecule has 54 valence electrons. The van der Waals surface area contributed by atoms with Gasteiger partial charge in [0.2, 0.25) is 0 Å². The highest BCUT2D eigenvalue weighted by Gasteiger charge is 2.06. The molecular weight excluding hydrogens is 122 g/mol. The van der Waals surface area contributed by atoms with Gasteiger partial charge in [0.25, 0.3) is 0 Å². The minimum Gasteiger partial charge on any atom is -0.300 e. The molecule has 1 rings (SSSR count). The van der Waals surface area contributed by atoms with Crippen molar-refractivity contribution in [2.24, 2.45) is 0 Å². The first-order valence-corrected chi connectivity index (χ1v) is 3.74. The molecule has 0 amide bonds. The van der Waals surface area contributed by atoms with E-state index in [1.54, 1.807) is 0 Å². The van der Waals surface area contributed by atoms with E-state index in [9.17, 15) is 0 Å². The van der Waals surface area contributed by atoms with Crippen molar-refractivity contribution in [3.63, 3.8) is 0 Å². The Morgan fingerprint density at radius 2 is 2.60 bits per heavy atom. The highest BCUT2D eigenvalue weighted by atomic mass is 15.1. The molecule has 0 bridgehead atoms. The smallest absolute Gasteiger partial charge is 0.0175 e. The molecule has 1 nitrogen and oxygen atoms in total. The molecule has 0 atom stereocenters. The van der Waals surface area contributed by atoms with Crippen LogP contribution in [0.4, 0.5) is 0 Å². The Kier molecular flexibility index (Phi) is 2.53. The van der Waals surface area contributed by atoms with Crippen molar-refractivity contribution in [1.29, 1.82) is 0 Å². The van der Waals surface area contributed by atoms with E-state index in [1.807, 2.05) is 0 Å². The number of terminal acetylenes is 1. The monoisotopic (exact) mass is 135 g/mol. The number of hydrogen-bond acceptors (Lipinski definition) is 1. The van der Waals surface area contributed by atoms with Gasteiger partial charge in [0.15, 0.2) is 0 Å². The molecule has 0 saturated carbocycles. The van der Waals surface area contributed by atoms with Crippen molar-refractivity contribution in [2.75, 3.05) is 19.6 Å². The lowest BCUT2D eigenvalue weighted by atomic mass is 10.1. The minimum absolute atomic E-state index is 1.04. The summed E-state index contributed by atoms with van der Waals surface area (Å²) in [7, 11) is 0. The molecule has 0 aromatic rings. The molecule has 0 radical (unpaired) electrons. The van der Waals surface area contributed by atoms with Crippen LogP contribution in [0.1, 0.15) is 13.3 Å². The van der Waals surface area contributed by atoms with Crippen LogP contribution in [0.25, 0.3) is 0 Å². The molecule has 1 aliphatic heterocycles. The van der Waals surface area contributed by atoms with Gasteiger partial charge in [0.1, 0.15) is 0 Å². The summed E-state index contributed by atoms with van der Waals surface area (Å²) in [6.07, 6.45) is 8.46. The molecule has 10 heavy (non-hydrogen) atoms. The summed E-state index contributed by atoms with van der Waals surface area (Å²) in [4.78, 5) is 2.38. The fraction of sp³-hybridized carbons (Fsp3) is 0.556. The standard InChI is InChI=1S/C9H13N/c1-3-9-5-7-10(4-2)8-6-9/h1,5H,4,6-8H2,2H3. The number of likely N-dealkylation sites (N-methyl/N-ethyl adjacent to an activating group) is 1. The first-order chi connectivity index (χ1) is 4.86. The lowest BCUT2D eigenvalue weighted by Crippen LogP contribution is -2.28. The van der Waals surface area contributed by atoms with Crippen LogP contribution in [0.15, 0.2) is 11.6 Å². The van der Waals surface area contributed by atoms with Crippen molar-refractivity contribution in [3.05, 3.63) is 11.6 Å². The molecule has 1 heterocycles. The predicted molar refractivity (Wildman–Crippen MR) is 43.6 cm³/mol. The van der Waals surface area contributed by atoms with Gasteiger partial charge in [-0.2, -0.15) is 0 Å². The van der Waals surface area contributed by atoms with Crippen molar-refractivity contribution in [1.82, 2.24) is 4.90 Å². The zero-order valence-corrected chi connectivity index (χ0v) is 6.43. The maximum atomic E-state index is 5.25. The van der Waals surface area contributed by atoms with Crippen LogP contribution in [0.2, 0.25) is 0 Å². The molecule has 0 aliphatic carbocycles. The largest absolute Gasteiger partial charge is 0.300 e. The molecule has 1 aliphatic rings. The van der Waals surface area contributed by atoms with Gasteiger partial charge in [0.05, 0.1) is 0 Å². The number of nitrogens with zero attached hydrogens (tertiary/aromatic N) is 1. The van der Waals surface area contributed by atoms with Crippen LogP contribution >= 0.6 is 0 Å². The normalized spacial score (nSPS) is 19.8. The van der Waals surface area contributed by atoms with Gasteiger partial charge in [-0.1, -0.05) is 18.9 Å². The average Bonchev–Trinajstić information content (AvgIpc) is 2.05. The Morgan fingerprint density at radius 3 is 3.00 bits per heavy atom. The average molecular weight is 135 g/mol. The van der Waals surface area contributed by atoms with E-state index in [0.29, 0.717) is 0 Å². The summed E-state index contributed by atoms with van der Waals surface area (Å²) in [6.45, 7) is 5.48. The Hall–Kier alpha value is -0.740. The Balaban J connectivity index is 2.46. The molecule has 0 spiro atoms. The van der Waals surface area contributed by atoms with Crippen LogP contribution in [0, 0.1) is 12.3 Å². The Morgan fingerprint density at radius 1 is 1.80 bits per heavy atom. The number of rotatable bonds is 1. The summed E-state index contributed by atoms with van der Waals surface area (Å²) < 4.78 is 0. The maximum Gasteiger partial charge on any atom is 0.0175 e. The third-order valence-electron chi connectivity index (χ3n) is 1.93. The molecule has 0 fully saturated rings. The van der Waals surface area contributed by atoms with Crippen molar-refractivity contribution < 1.29 is 0 Å². The van der Waals surface area contributed by atoms with Crippen LogP contribution in [-0.2, 0) is 0 Å². The highest BCUT2D eigenvalue weighted by molar-refractivity contribution is 5.27. The van der Waals surface area contributed by atoms with E-state index >= 15 is 0 Å². The lowest BCUT2D eigenvalue weighted by Gasteiger charge is -2.22. The van der Waals surface area contributed by atoms with Gasteiger partial charge < -0.3 is 0 Å². The summed E-state index contributed by atoms with van der Waals surface area (Å²) in [6, 6.07) is 0. The van der Waals surface area contributed by atoms with Crippen molar-refractivity contribution in [2.45, 2.75) is 13.3 Å². The second-order valence-electron chi connectivity index (χ2n) is 2.52. The molecule has 0 N–H and O–H groups in total. The fourth-order valence-electron chi connectivity index (χ4n) is 1.13. The molecule has 0 unspecified atom stereocenters. The van der Waals surface area contributed by atoms with E-state index in [2.05, 4.69) is 23.8 Å². The van der Waals surface area contributed by atoms with Gasteiger partial charge in [-0.15, -0.1) is 6.42 Å². The fourth-order valence-corrected chi connectivity index (χ4v) is 1.13. The summed E-state index contributed by atoms with van der Waals surface area (Å²) in [5.41, 5.74) is 1.17. The minimum atomic E-state index is 1.04. The molecule has 1 heteroatoms. The second kappa shape index (κ2) is 3.43. The topological polar surface area (TPSA) is 3.24 Å². The van der Waals surface area contributed by atoms with E-state index in [4.69, 9.17) is 6.42 Å². The highest BCUT2D eigenvalue weighted by Crippen LogP contribution is 2.08. The van der Waals surface area contributed by atoms with E-state index in [-0.39, 0.29) is 0 Å². The van der Waals surface area contributed by atoms with Gasteiger partial charge >= 0.3 is 0 Å². The summed E-state index contributed by atoms with van der Waals surface area (Å²) in [5, 5.41) is 0. The third-order valence-corrected chi connectivity index (χ3v) is 1.93. The first kappa shape index (κ1) is 7.37. The van der Waals surface area contributed by atoms with Gasteiger partial charge in [-0.05, 0) is 13.0 Å². The SMILES string of the molecule is C#CC1=CCN(CC)CC1. The lowest BCUT2D eigenvalue weighted by molar-refractivity contribution is 0.312. The van der Waals surface area contributed by atoms with Crippen LogP contribution in [0.3, 0.4) is 0 Å². The molecule has 0 aromatic heterocycles. The van der Waals surface area contributed by atoms with Gasteiger partial charge in [-0.3, -0.25) is 4.90 Å². The van der Waals surface area contributed by atoms with Crippen LogP contribution < -0.4 is 0 Å². The molecule has 0 aromatic carbocycles. The van der Waals surface area contributed by atoms with Crippen molar-refractivity contribution >= 4 is 0 Å². The predicted octanol–water partition coefficient (Wildman–Crippen LogP) is 1.27. The van der Waals surface area contributed by atoms with Gasteiger partial charge in [0, 0.05) is 18.7 Å². The van der Waals surface area contributed by atoms with E-state index in [1.165, 1.54) is 5.57 Å². The first-order valence-electron chi connectivity index (χ1n) is 3.74. The summed E-state index contributed by atoms with van der Waals surface area (Å²) in [5.74, 6) is 2.68. The third kappa shape index (κ3) is 1.62. The van der Waals surface area contributed by atoms with E-state index < -0.39 is 0 Å². The quantitative estimate of drug-likeness (QED) is 0.489. The number of hydrogen-bond donors (Lipinski definition) is 0. The maximum absolute atomic E-state index is 5.25.